The summed E-state index contributed by atoms with van der Waals surface area (Å²) in [5.74, 6) is 0.588. The summed E-state index contributed by atoms with van der Waals surface area (Å²) in [4.78, 5) is 3.11. The number of aromatic amines is 1. The van der Waals surface area contributed by atoms with E-state index in [1.165, 1.54) is 12.1 Å². The van der Waals surface area contributed by atoms with Crippen molar-refractivity contribution in [3.63, 3.8) is 0 Å². The lowest BCUT2D eigenvalue weighted by Gasteiger charge is -2.35. The molecule has 0 aliphatic carbocycles. The van der Waals surface area contributed by atoms with E-state index in [0.29, 0.717) is 39.5 Å². The first-order chi connectivity index (χ1) is 14.2. The monoisotopic (exact) mass is 411 g/mol. The van der Waals surface area contributed by atoms with Gasteiger partial charge in [0.2, 0.25) is 0 Å². The van der Waals surface area contributed by atoms with Crippen LogP contribution in [0.3, 0.4) is 0 Å². The van der Waals surface area contributed by atoms with E-state index in [2.05, 4.69) is 20.5 Å². The molecule has 2 aromatic carbocycles. The molecule has 3 heterocycles. The van der Waals surface area contributed by atoms with E-state index >= 15 is 0 Å². The van der Waals surface area contributed by atoms with Gasteiger partial charge in [0.1, 0.15) is 11.6 Å². The molecular formula is C22H20F3N5. The number of hydrogen-bond acceptors (Lipinski definition) is 3. The average molecular weight is 411 g/mol. The topological polar surface area (TPSA) is 58.5 Å². The predicted molar refractivity (Wildman–Crippen MR) is 110 cm³/mol. The van der Waals surface area contributed by atoms with Gasteiger partial charge in [0.25, 0.3) is 6.43 Å². The third kappa shape index (κ3) is 2.49. The maximum absolute atomic E-state index is 14.5. The Morgan fingerprint density at radius 3 is 2.57 bits per heavy atom. The second-order valence-electron chi connectivity index (χ2n) is 8.23. The van der Waals surface area contributed by atoms with Gasteiger partial charge < -0.3 is 10.3 Å². The largest absolute Gasteiger partial charge is 0.371 e. The molecule has 8 heteroatoms. The van der Waals surface area contributed by atoms with E-state index in [4.69, 9.17) is 0 Å². The number of nitrogens with zero attached hydrogens (tertiary/aromatic N) is 3. The van der Waals surface area contributed by atoms with E-state index < -0.39 is 17.8 Å². The molecule has 2 N–H and O–H groups in total. The summed E-state index contributed by atoms with van der Waals surface area (Å²) in [6.45, 7) is 7.42. The van der Waals surface area contributed by atoms with Crippen LogP contribution in [0, 0.1) is 19.7 Å². The maximum atomic E-state index is 14.5. The molecule has 4 aromatic rings. The summed E-state index contributed by atoms with van der Waals surface area (Å²) in [5.41, 5.74) is 2.24. The lowest BCUT2D eigenvalue weighted by atomic mass is 9.92. The lowest BCUT2D eigenvalue weighted by molar-refractivity contribution is 0.151. The smallest absolute Gasteiger partial charge is 0.266 e. The molecule has 154 valence electrons. The SMILES string of the molecule is Cc1c[nH]c2c(-c3ccc4c(c3C(F)F)-n3c(C)nnc3C(C)(C)N4)cc(F)cc12. The van der Waals surface area contributed by atoms with Crippen molar-refractivity contribution in [1.29, 1.82) is 0 Å². The van der Waals surface area contributed by atoms with Gasteiger partial charge in [-0.2, -0.15) is 0 Å². The molecule has 0 saturated carbocycles. The third-order valence-corrected chi connectivity index (χ3v) is 5.74. The Bertz CT molecular complexity index is 1320. The fraction of sp³-hybridized carbons (Fsp3) is 0.273. The first-order valence-electron chi connectivity index (χ1n) is 9.62. The van der Waals surface area contributed by atoms with Crippen LogP contribution in [0.2, 0.25) is 0 Å². The van der Waals surface area contributed by atoms with Crippen molar-refractivity contribution in [2.45, 2.75) is 39.7 Å². The van der Waals surface area contributed by atoms with Gasteiger partial charge in [-0.05, 0) is 57.0 Å². The maximum Gasteiger partial charge on any atom is 0.266 e. The average Bonchev–Trinajstić information content (AvgIpc) is 3.24. The first-order valence-corrected chi connectivity index (χ1v) is 9.62. The normalized spacial score (nSPS) is 14.7. The molecule has 2 aromatic heterocycles. The molecule has 0 amide bonds. The number of aryl methyl sites for hydroxylation is 2. The van der Waals surface area contributed by atoms with Crippen LogP contribution in [0.5, 0.6) is 0 Å². The molecule has 1 aliphatic rings. The van der Waals surface area contributed by atoms with Crippen LogP contribution in [0.25, 0.3) is 27.7 Å². The molecule has 0 unspecified atom stereocenters. The Hall–Kier alpha value is -3.29. The van der Waals surface area contributed by atoms with Crippen molar-refractivity contribution in [3.05, 3.63) is 59.1 Å². The molecular weight excluding hydrogens is 391 g/mol. The van der Waals surface area contributed by atoms with Gasteiger partial charge in [0, 0.05) is 17.1 Å². The van der Waals surface area contributed by atoms with Crippen LogP contribution in [-0.4, -0.2) is 19.7 Å². The minimum absolute atomic E-state index is 0.182. The number of benzene rings is 2. The summed E-state index contributed by atoms with van der Waals surface area (Å²) in [6.07, 6.45) is -1.04. The Morgan fingerprint density at radius 1 is 1.07 bits per heavy atom. The Kier molecular flexibility index (Phi) is 3.81. The van der Waals surface area contributed by atoms with Gasteiger partial charge in [-0.15, -0.1) is 10.2 Å². The Balaban J connectivity index is 1.89. The van der Waals surface area contributed by atoms with Crippen LogP contribution in [-0.2, 0) is 5.54 Å². The van der Waals surface area contributed by atoms with Crippen molar-refractivity contribution in [2.75, 3.05) is 5.32 Å². The van der Waals surface area contributed by atoms with E-state index in [9.17, 15) is 13.2 Å². The zero-order valence-electron chi connectivity index (χ0n) is 16.9. The number of aromatic nitrogens is 4. The van der Waals surface area contributed by atoms with Crippen molar-refractivity contribution >= 4 is 16.6 Å². The molecule has 1 aliphatic heterocycles. The van der Waals surface area contributed by atoms with Crippen molar-refractivity contribution in [2.24, 2.45) is 0 Å². The van der Waals surface area contributed by atoms with Gasteiger partial charge in [-0.1, -0.05) is 6.07 Å². The number of fused-ring (bicyclic) bond motifs is 4. The van der Waals surface area contributed by atoms with Crippen molar-refractivity contribution < 1.29 is 13.2 Å². The van der Waals surface area contributed by atoms with Crippen molar-refractivity contribution in [1.82, 2.24) is 19.7 Å². The van der Waals surface area contributed by atoms with Crippen LogP contribution in [0.1, 0.15) is 43.0 Å². The van der Waals surface area contributed by atoms with E-state index in [1.807, 2.05) is 20.8 Å². The molecule has 0 spiro atoms. The summed E-state index contributed by atoms with van der Waals surface area (Å²) >= 11 is 0. The van der Waals surface area contributed by atoms with Crippen LogP contribution in [0.15, 0.2) is 30.5 Å². The molecule has 0 bridgehead atoms. The molecule has 0 radical (unpaired) electrons. The van der Waals surface area contributed by atoms with Crippen LogP contribution >= 0.6 is 0 Å². The fourth-order valence-electron chi connectivity index (χ4n) is 4.38. The number of anilines is 1. The molecule has 30 heavy (non-hydrogen) atoms. The quantitative estimate of drug-likeness (QED) is 0.440. The molecule has 0 fully saturated rings. The minimum atomic E-state index is -2.79. The van der Waals surface area contributed by atoms with Gasteiger partial charge in [-0.25, -0.2) is 13.2 Å². The summed E-state index contributed by atoms with van der Waals surface area (Å²) in [5, 5.41) is 12.3. The number of nitrogens with one attached hydrogen (secondary N) is 2. The van der Waals surface area contributed by atoms with Gasteiger partial charge in [0.15, 0.2) is 5.82 Å². The summed E-state index contributed by atoms with van der Waals surface area (Å²) < 4.78 is 45.2. The van der Waals surface area contributed by atoms with E-state index in [-0.39, 0.29) is 11.1 Å². The van der Waals surface area contributed by atoms with Crippen molar-refractivity contribution in [3.8, 4) is 16.8 Å². The molecule has 0 atom stereocenters. The number of H-pyrrole nitrogens is 1. The zero-order valence-corrected chi connectivity index (χ0v) is 16.9. The minimum Gasteiger partial charge on any atom is -0.371 e. The fourth-order valence-corrected chi connectivity index (χ4v) is 4.38. The highest BCUT2D eigenvalue weighted by Crippen LogP contribution is 2.46. The number of rotatable bonds is 2. The summed E-state index contributed by atoms with van der Waals surface area (Å²) in [6, 6.07) is 6.09. The van der Waals surface area contributed by atoms with Crippen LogP contribution < -0.4 is 5.32 Å². The molecule has 5 nitrogen and oxygen atoms in total. The predicted octanol–water partition coefficient (Wildman–Crippen LogP) is 5.77. The standard InChI is InChI=1S/C22H20F3N5/c1-10-9-26-18-14(10)7-12(23)8-15(18)13-5-6-16-19(17(13)20(24)25)30-11(2)28-29-21(30)22(3,4)27-16/h5-9,20,26-27H,1-4H3. The zero-order chi connectivity index (χ0) is 21.4. The summed E-state index contributed by atoms with van der Waals surface area (Å²) in [7, 11) is 0. The highest BCUT2D eigenvalue weighted by molar-refractivity contribution is 5.98. The van der Waals surface area contributed by atoms with Crippen LogP contribution in [0.4, 0.5) is 18.9 Å². The van der Waals surface area contributed by atoms with Gasteiger partial charge >= 0.3 is 0 Å². The number of hydrogen-bond donors (Lipinski definition) is 2. The highest BCUT2D eigenvalue weighted by Gasteiger charge is 2.37. The highest BCUT2D eigenvalue weighted by atomic mass is 19.3. The van der Waals surface area contributed by atoms with E-state index in [0.717, 1.165) is 5.56 Å². The van der Waals surface area contributed by atoms with Gasteiger partial charge in [-0.3, -0.25) is 4.57 Å². The lowest BCUT2D eigenvalue weighted by Crippen LogP contribution is -2.36. The van der Waals surface area contributed by atoms with Gasteiger partial charge in [0.05, 0.1) is 28.0 Å². The molecule has 5 rings (SSSR count). The number of alkyl halides is 2. The second kappa shape index (κ2) is 6.10. The third-order valence-electron chi connectivity index (χ3n) is 5.74. The number of halogens is 3. The van der Waals surface area contributed by atoms with E-state index in [1.54, 1.807) is 29.8 Å². The Labute approximate surface area is 170 Å². The Morgan fingerprint density at radius 2 is 1.83 bits per heavy atom. The first kappa shape index (κ1) is 18.7. The second-order valence-corrected chi connectivity index (χ2v) is 8.23. The molecule has 0 saturated heterocycles.